The molecule has 1 unspecified atom stereocenters. The van der Waals surface area contributed by atoms with Gasteiger partial charge in [-0.1, -0.05) is 54.6 Å². The average Bonchev–Trinajstić information content (AvgIpc) is 3.27. The van der Waals surface area contributed by atoms with Crippen LogP contribution in [0.25, 0.3) is 5.69 Å². The number of para-hydroxylation sites is 2. The van der Waals surface area contributed by atoms with Gasteiger partial charge in [-0.25, -0.2) is 9.35 Å². The summed E-state index contributed by atoms with van der Waals surface area (Å²) in [6.45, 7) is 5.45. The molecule has 2 aliphatic heterocycles. The van der Waals surface area contributed by atoms with Gasteiger partial charge in [-0.3, -0.25) is 0 Å². The Morgan fingerprint density at radius 1 is 0.771 bits per heavy atom. The van der Waals surface area contributed by atoms with Crippen molar-refractivity contribution in [3.63, 3.8) is 0 Å². The summed E-state index contributed by atoms with van der Waals surface area (Å²) < 4.78 is 11.0. The molecule has 1 saturated heterocycles. The number of aryl methyl sites for hydroxylation is 1. The standard InChI is InChI=1S/C27H26N5OPS/c1-21-25-26(32(29-21)24-15-9-4-10-16-24)28-27(22-11-5-2-6-12-22)33-34(25,35)31-19-17-30(18-20-31)23-13-7-3-8-14-23/h2-16H,17-20H2,1H3. The van der Waals surface area contributed by atoms with E-state index < -0.39 is 6.42 Å². The molecule has 3 aromatic carbocycles. The number of aromatic nitrogens is 2. The maximum atomic E-state index is 6.73. The SMILES string of the molecule is Cc1nn(-c2ccccc2)c2c1P(=S)(N1CCN(c3ccccc3)CC1)OC(c1ccccc1)=N2. The summed E-state index contributed by atoms with van der Waals surface area (Å²) in [7, 11) is 0. The van der Waals surface area contributed by atoms with Crippen molar-refractivity contribution in [2.75, 3.05) is 31.1 Å². The number of nitrogens with zero attached hydrogens (tertiary/aromatic N) is 5. The monoisotopic (exact) mass is 499 g/mol. The van der Waals surface area contributed by atoms with E-state index in [1.165, 1.54) is 5.69 Å². The van der Waals surface area contributed by atoms with Crippen LogP contribution in [0, 0.1) is 6.92 Å². The number of rotatable bonds is 4. The fraction of sp³-hybridized carbons (Fsp3) is 0.185. The van der Waals surface area contributed by atoms with Crippen LogP contribution >= 0.6 is 6.42 Å². The quantitative estimate of drug-likeness (QED) is 0.368. The lowest BCUT2D eigenvalue weighted by Gasteiger charge is -2.42. The Balaban J connectivity index is 1.42. The molecule has 0 aliphatic carbocycles. The molecule has 0 spiro atoms. The minimum atomic E-state index is -2.63. The molecule has 2 aliphatic rings. The normalized spacial score (nSPS) is 20.1. The minimum Gasteiger partial charge on any atom is -0.431 e. The first kappa shape index (κ1) is 22.2. The van der Waals surface area contributed by atoms with Crippen LogP contribution in [0.1, 0.15) is 11.3 Å². The van der Waals surface area contributed by atoms with E-state index in [1.807, 2.05) is 72.3 Å². The lowest BCUT2D eigenvalue weighted by Crippen LogP contribution is -2.47. The van der Waals surface area contributed by atoms with E-state index in [9.17, 15) is 0 Å². The first-order valence-corrected chi connectivity index (χ1v) is 14.5. The number of anilines is 1. The molecule has 1 aromatic heterocycles. The van der Waals surface area contributed by atoms with Gasteiger partial charge in [-0.2, -0.15) is 10.1 Å². The van der Waals surface area contributed by atoms with Gasteiger partial charge in [0, 0.05) is 37.4 Å². The van der Waals surface area contributed by atoms with Gasteiger partial charge in [-0.05, 0) is 55.1 Å². The molecule has 1 fully saturated rings. The second kappa shape index (κ2) is 9.08. The van der Waals surface area contributed by atoms with E-state index in [-0.39, 0.29) is 0 Å². The van der Waals surface area contributed by atoms with Crippen molar-refractivity contribution in [2.45, 2.75) is 6.92 Å². The predicted molar refractivity (Wildman–Crippen MR) is 146 cm³/mol. The molecule has 176 valence electrons. The third-order valence-corrected chi connectivity index (χ3v) is 10.6. The third kappa shape index (κ3) is 4.00. The summed E-state index contributed by atoms with van der Waals surface area (Å²) in [6, 6.07) is 30.7. The molecule has 35 heavy (non-hydrogen) atoms. The van der Waals surface area contributed by atoms with E-state index in [0.717, 1.165) is 54.2 Å². The van der Waals surface area contributed by atoms with Gasteiger partial charge in [0.2, 0.25) is 12.3 Å². The van der Waals surface area contributed by atoms with Crippen LogP contribution in [0.4, 0.5) is 11.5 Å². The number of aliphatic imine (C=N–C) groups is 1. The molecule has 6 nitrogen and oxygen atoms in total. The molecule has 4 aromatic rings. The van der Waals surface area contributed by atoms with Crippen molar-refractivity contribution in [1.82, 2.24) is 14.5 Å². The van der Waals surface area contributed by atoms with Crippen molar-refractivity contribution in [1.29, 1.82) is 0 Å². The summed E-state index contributed by atoms with van der Waals surface area (Å²) in [4.78, 5) is 7.40. The summed E-state index contributed by atoms with van der Waals surface area (Å²) in [5.74, 6) is 1.36. The van der Waals surface area contributed by atoms with Gasteiger partial charge in [0.25, 0.3) is 0 Å². The zero-order valence-corrected chi connectivity index (χ0v) is 21.2. The van der Waals surface area contributed by atoms with Gasteiger partial charge in [-0.15, -0.1) is 0 Å². The molecular weight excluding hydrogens is 473 g/mol. The van der Waals surface area contributed by atoms with Crippen LogP contribution in [0.3, 0.4) is 0 Å². The predicted octanol–water partition coefficient (Wildman–Crippen LogP) is 5.05. The fourth-order valence-electron chi connectivity index (χ4n) is 4.72. The second-order valence-electron chi connectivity index (χ2n) is 8.68. The molecule has 0 N–H and O–H groups in total. The van der Waals surface area contributed by atoms with Crippen LogP contribution in [0.2, 0.25) is 0 Å². The van der Waals surface area contributed by atoms with Crippen LogP contribution in [0.15, 0.2) is 96.0 Å². The van der Waals surface area contributed by atoms with Gasteiger partial charge in [0.1, 0.15) is 5.30 Å². The van der Waals surface area contributed by atoms with Crippen molar-refractivity contribution >= 4 is 40.9 Å². The van der Waals surface area contributed by atoms with E-state index in [1.54, 1.807) is 0 Å². The second-order valence-corrected chi connectivity index (χ2v) is 12.4. The Labute approximate surface area is 210 Å². The molecule has 0 bridgehead atoms. The molecule has 0 radical (unpaired) electrons. The third-order valence-electron chi connectivity index (χ3n) is 6.48. The van der Waals surface area contributed by atoms with Gasteiger partial charge in [0.05, 0.1) is 11.4 Å². The minimum absolute atomic E-state index is 0.573. The van der Waals surface area contributed by atoms with Crippen molar-refractivity contribution < 1.29 is 4.52 Å². The van der Waals surface area contributed by atoms with Crippen LogP contribution in [-0.4, -0.2) is 46.5 Å². The summed E-state index contributed by atoms with van der Waals surface area (Å²) >= 11 is 6.47. The van der Waals surface area contributed by atoms with E-state index >= 15 is 0 Å². The number of benzene rings is 3. The van der Waals surface area contributed by atoms with E-state index in [4.69, 9.17) is 26.4 Å². The number of fused-ring (bicyclic) bond motifs is 1. The summed E-state index contributed by atoms with van der Waals surface area (Å²) in [5.41, 5.74) is 4.02. The van der Waals surface area contributed by atoms with E-state index in [0.29, 0.717) is 5.90 Å². The molecule has 0 amide bonds. The van der Waals surface area contributed by atoms with Crippen molar-refractivity contribution in [2.24, 2.45) is 4.99 Å². The lowest BCUT2D eigenvalue weighted by molar-refractivity contribution is 0.384. The first-order valence-electron chi connectivity index (χ1n) is 11.8. The van der Waals surface area contributed by atoms with Gasteiger partial charge < -0.3 is 9.42 Å². The summed E-state index contributed by atoms with van der Waals surface area (Å²) in [6.07, 6.45) is -2.63. The topological polar surface area (TPSA) is 45.9 Å². The van der Waals surface area contributed by atoms with Crippen LogP contribution < -0.4 is 10.2 Å². The Morgan fingerprint density at radius 3 is 1.97 bits per heavy atom. The molecular formula is C27H26N5OPS. The highest BCUT2D eigenvalue weighted by atomic mass is 32.4. The van der Waals surface area contributed by atoms with Gasteiger partial charge >= 0.3 is 0 Å². The summed E-state index contributed by atoms with van der Waals surface area (Å²) in [5, 5.41) is 5.86. The Morgan fingerprint density at radius 2 is 1.34 bits per heavy atom. The fourth-order valence-corrected chi connectivity index (χ4v) is 8.49. The zero-order chi connectivity index (χ0) is 23.8. The highest BCUT2D eigenvalue weighted by molar-refractivity contribution is 8.15. The number of piperazine rings is 1. The maximum Gasteiger partial charge on any atom is 0.227 e. The maximum absolute atomic E-state index is 6.73. The van der Waals surface area contributed by atoms with Crippen LogP contribution in [0.5, 0.6) is 0 Å². The molecule has 6 rings (SSSR count). The van der Waals surface area contributed by atoms with Crippen molar-refractivity contribution in [3.8, 4) is 5.69 Å². The average molecular weight is 500 g/mol. The molecule has 3 heterocycles. The lowest BCUT2D eigenvalue weighted by atomic mass is 10.2. The Bertz CT molecular complexity index is 1410. The van der Waals surface area contributed by atoms with E-state index in [2.05, 4.69) is 39.9 Å². The molecule has 8 heteroatoms. The highest BCUT2D eigenvalue weighted by Gasteiger charge is 2.42. The molecule has 0 saturated carbocycles. The van der Waals surface area contributed by atoms with Crippen molar-refractivity contribution in [3.05, 3.63) is 102 Å². The number of hydrogen-bond acceptors (Lipinski definition) is 5. The molecule has 1 atom stereocenters. The largest absolute Gasteiger partial charge is 0.431 e. The number of hydrogen-bond donors (Lipinski definition) is 0. The zero-order valence-electron chi connectivity index (χ0n) is 19.5. The van der Waals surface area contributed by atoms with Crippen LogP contribution in [-0.2, 0) is 16.3 Å². The highest BCUT2D eigenvalue weighted by Crippen LogP contribution is 2.56. The first-order chi connectivity index (χ1) is 17.1. The van der Waals surface area contributed by atoms with Gasteiger partial charge in [0.15, 0.2) is 5.82 Å². The Hall–Kier alpha value is -3.25. The smallest absolute Gasteiger partial charge is 0.227 e. The Kier molecular flexibility index (Phi) is 5.77.